The number of benzene rings is 1. The monoisotopic (exact) mass is 385 g/mol. The van der Waals surface area contributed by atoms with Crippen LogP contribution in [0.1, 0.15) is 38.7 Å². The Hall–Kier alpha value is -2.37. The number of carbonyl (C=O) groups is 3. The lowest BCUT2D eigenvalue weighted by Gasteiger charge is -2.41. The van der Waals surface area contributed by atoms with E-state index in [1.807, 2.05) is 49.1 Å². The van der Waals surface area contributed by atoms with Gasteiger partial charge >= 0.3 is 0 Å². The number of carbonyl (C=O) groups excluding carboxylic acids is 3. The maximum absolute atomic E-state index is 13.4. The summed E-state index contributed by atoms with van der Waals surface area (Å²) in [6.07, 6.45) is 2.28. The van der Waals surface area contributed by atoms with Gasteiger partial charge in [0, 0.05) is 38.6 Å². The van der Waals surface area contributed by atoms with Gasteiger partial charge in [-0.2, -0.15) is 0 Å². The molecular formula is C22H31N3O3. The van der Waals surface area contributed by atoms with Crippen molar-refractivity contribution in [3.8, 4) is 0 Å². The molecule has 6 heteroatoms. The summed E-state index contributed by atoms with van der Waals surface area (Å²) >= 11 is 0. The average Bonchev–Trinajstić information content (AvgIpc) is 2.80. The van der Waals surface area contributed by atoms with Crippen LogP contribution in [0.4, 0.5) is 0 Å². The number of hydrogen-bond acceptors (Lipinski definition) is 3. The summed E-state index contributed by atoms with van der Waals surface area (Å²) in [5, 5.41) is 0. The summed E-state index contributed by atoms with van der Waals surface area (Å²) in [6, 6.07) is 9.61. The van der Waals surface area contributed by atoms with E-state index in [-0.39, 0.29) is 42.1 Å². The number of likely N-dealkylation sites (tertiary alicyclic amines) is 1. The minimum Gasteiger partial charge on any atom is -0.342 e. The number of rotatable bonds is 5. The van der Waals surface area contributed by atoms with Gasteiger partial charge in [-0.1, -0.05) is 44.2 Å². The highest BCUT2D eigenvalue weighted by Gasteiger charge is 2.44. The van der Waals surface area contributed by atoms with Crippen LogP contribution in [0.3, 0.4) is 0 Å². The van der Waals surface area contributed by atoms with Crippen LogP contribution in [-0.4, -0.2) is 65.1 Å². The summed E-state index contributed by atoms with van der Waals surface area (Å²) in [7, 11) is 1.79. The largest absolute Gasteiger partial charge is 0.342 e. The molecular weight excluding hydrogens is 354 g/mol. The van der Waals surface area contributed by atoms with Crippen molar-refractivity contribution in [3.63, 3.8) is 0 Å². The topological polar surface area (TPSA) is 60.9 Å². The quantitative estimate of drug-likeness (QED) is 0.780. The van der Waals surface area contributed by atoms with Gasteiger partial charge in [0.05, 0.1) is 5.92 Å². The lowest BCUT2D eigenvalue weighted by Crippen LogP contribution is -2.55. The summed E-state index contributed by atoms with van der Waals surface area (Å²) in [6.45, 7) is 5.59. The van der Waals surface area contributed by atoms with E-state index in [9.17, 15) is 14.4 Å². The fraction of sp³-hybridized carbons (Fsp3) is 0.591. The first-order valence-corrected chi connectivity index (χ1v) is 10.3. The molecule has 0 saturated carbocycles. The Morgan fingerprint density at radius 2 is 1.82 bits per heavy atom. The van der Waals surface area contributed by atoms with Crippen molar-refractivity contribution >= 4 is 17.7 Å². The van der Waals surface area contributed by atoms with Gasteiger partial charge in [-0.25, -0.2) is 0 Å². The van der Waals surface area contributed by atoms with Crippen molar-refractivity contribution < 1.29 is 14.4 Å². The van der Waals surface area contributed by atoms with Crippen LogP contribution in [0, 0.1) is 11.8 Å². The van der Waals surface area contributed by atoms with Crippen molar-refractivity contribution in [1.29, 1.82) is 0 Å². The number of fused-ring (bicyclic) bond motifs is 1. The Balaban J connectivity index is 1.81. The predicted octanol–water partition coefficient (Wildman–Crippen LogP) is 2.14. The molecule has 6 nitrogen and oxygen atoms in total. The molecule has 28 heavy (non-hydrogen) atoms. The molecule has 3 rings (SSSR count). The summed E-state index contributed by atoms with van der Waals surface area (Å²) in [5.74, 6) is -0.251. The van der Waals surface area contributed by atoms with Gasteiger partial charge in [-0.3, -0.25) is 14.4 Å². The first-order valence-electron chi connectivity index (χ1n) is 10.3. The van der Waals surface area contributed by atoms with Gasteiger partial charge in [0.2, 0.25) is 17.7 Å². The Kier molecular flexibility index (Phi) is 6.37. The smallest absolute Gasteiger partial charge is 0.242 e. The van der Waals surface area contributed by atoms with Gasteiger partial charge in [0.15, 0.2) is 0 Å². The first kappa shape index (κ1) is 20.4. The molecule has 152 valence electrons. The van der Waals surface area contributed by atoms with E-state index in [1.165, 1.54) is 0 Å². The van der Waals surface area contributed by atoms with E-state index in [1.54, 1.807) is 16.8 Å². The molecule has 0 aromatic heterocycles. The molecule has 2 heterocycles. The van der Waals surface area contributed by atoms with Crippen LogP contribution in [0.2, 0.25) is 0 Å². The molecule has 0 spiro atoms. The van der Waals surface area contributed by atoms with Gasteiger partial charge in [-0.05, 0) is 24.8 Å². The maximum atomic E-state index is 13.4. The highest BCUT2D eigenvalue weighted by atomic mass is 16.2. The second-order valence-electron chi connectivity index (χ2n) is 7.94. The van der Waals surface area contributed by atoms with Crippen molar-refractivity contribution in [2.75, 3.05) is 26.7 Å². The lowest BCUT2D eigenvalue weighted by molar-refractivity contribution is -0.144. The maximum Gasteiger partial charge on any atom is 0.242 e. The number of amides is 3. The molecule has 0 radical (unpaired) electrons. The van der Waals surface area contributed by atoms with Crippen LogP contribution >= 0.6 is 0 Å². The number of piperidine rings is 1. The summed E-state index contributed by atoms with van der Waals surface area (Å²) in [5.41, 5.74) is 1.01. The van der Waals surface area contributed by atoms with Gasteiger partial charge in [0.1, 0.15) is 6.54 Å². The molecule has 2 saturated heterocycles. The van der Waals surface area contributed by atoms with E-state index < -0.39 is 0 Å². The molecule has 1 aromatic carbocycles. The van der Waals surface area contributed by atoms with E-state index >= 15 is 0 Å². The highest BCUT2D eigenvalue weighted by Crippen LogP contribution is 2.28. The lowest BCUT2D eigenvalue weighted by atomic mass is 9.89. The Morgan fingerprint density at radius 1 is 1.14 bits per heavy atom. The molecule has 0 unspecified atom stereocenters. The number of likely N-dealkylation sites (N-methyl/N-ethyl adjacent to an activating group) is 1. The van der Waals surface area contributed by atoms with Gasteiger partial charge in [-0.15, -0.1) is 0 Å². The molecule has 2 aliphatic heterocycles. The molecule has 2 aliphatic rings. The van der Waals surface area contributed by atoms with Crippen molar-refractivity contribution in [1.82, 2.24) is 14.7 Å². The molecule has 1 aromatic rings. The second kappa shape index (κ2) is 8.76. The SMILES string of the molecule is CCC(CC)C(=O)N1CC[C@@H]2[C@H](C1)C(=O)N(Cc1ccccc1)CC(=O)N2C. The van der Waals surface area contributed by atoms with Crippen LogP contribution in [-0.2, 0) is 20.9 Å². The molecule has 2 atom stereocenters. The third kappa shape index (κ3) is 4.05. The van der Waals surface area contributed by atoms with Gasteiger partial charge < -0.3 is 14.7 Å². The standard InChI is InChI=1S/C22H31N3O3/c1-4-17(5-2)21(27)24-12-11-19-18(14-24)22(28)25(15-20(26)23(19)3)13-16-9-7-6-8-10-16/h6-10,17-19H,4-5,11-15H2,1-3H3/t18-,19+/m0/s1. The predicted molar refractivity (Wildman–Crippen MR) is 107 cm³/mol. The zero-order chi connectivity index (χ0) is 20.3. The fourth-order valence-electron chi connectivity index (χ4n) is 4.45. The Labute approximate surface area is 167 Å². The molecule has 3 amide bonds. The zero-order valence-corrected chi connectivity index (χ0v) is 17.1. The number of nitrogens with zero attached hydrogens (tertiary/aromatic N) is 3. The normalized spacial score (nSPS) is 23.1. The molecule has 0 aliphatic carbocycles. The zero-order valence-electron chi connectivity index (χ0n) is 17.1. The van der Waals surface area contributed by atoms with E-state index in [2.05, 4.69) is 0 Å². The number of hydrogen-bond donors (Lipinski definition) is 0. The van der Waals surface area contributed by atoms with Crippen LogP contribution in [0.25, 0.3) is 0 Å². The first-order chi connectivity index (χ1) is 13.5. The van der Waals surface area contributed by atoms with E-state index in [4.69, 9.17) is 0 Å². The second-order valence-corrected chi connectivity index (χ2v) is 7.94. The molecule has 0 bridgehead atoms. The summed E-state index contributed by atoms with van der Waals surface area (Å²) in [4.78, 5) is 44.1. The van der Waals surface area contributed by atoms with E-state index in [0.29, 0.717) is 26.1 Å². The van der Waals surface area contributed by atoms with Crippen molar-refractivity contribution in [2.24, 2.45) is 11.8 Å². The van der Waals surface area contributed by atoms with E-state index in [0.717, 1.165) is 18.4 Å². The van der Waals surface area contributed by atoms with Crippen LogP contribution in [0.15, 0.2) is 30.3 Å². The molecule has 2 fully saturated rings. The Morgan fingerprint density at radius 3 is 2.46 bits per heavy atom. The summed E-state index contributed by atoms with van der Waals surface area (Å²) < 4.78 is 0. The molecule has 0 N–H and O–H groups in total. The third-order valence-corrected chi connectivity index (χ3v) is 6.28. The highest BCUT2D eigenvalue weighted by molar-refractivity contribution is 5.90. The van der Waals surface area contributed by atoms with Crippen LogP contribution < -0.4 is 0 Å². The third-order valence-electron chi connectivity index (χ3n) is 6.28. The van der Waals surface area contributed by atoms with Crippen molar-refractivity contribution in [2.45, 2.75) is 45.7 Å². The van der Waals surface area contributed by atoms with Crippen molar-refractivity contribution in [3.05, 3.63) is 35.9 Å². The minimum absolute atomic E-state index is 0.0113. The fourth-order valence-corrected chi connectivity index (χ4v) is 4.45. The average molecular weight is 386 g/mol. The Bertz CT molecular complexity index is 717. The minimum atomic E-state index is -0.354. The van der Waals surface area contributed by atoms with Gasteiger partial charge in [0.25, 0.3) is 0 Å². The van der Waals surface area contributed by atoms with Crippen LogP contribution in [0.5, 0.6) is 0 Å².